The first-order chi connectivity index (χ1) is 13.7. The Morgan fingerprint density at radius 3 is 2.82 bits per heavy atom. The summed E-state index contributed by atoms with van der Waals surface area (Å²) in [6.07, 6.45) is 8.41. The zero-order valence-corrected chi connectivity index (χ0v) is 17.0. The molecule has 2 heterocycles. The molecule has 0 unspecified atom stereocenters. The van der Waals surface area contributed by atoms with Gasteiger partial charge in [0.05, 0.1) is 24.4 Å². The first-order valence-electron chi connectivity index (χ1n) is 10.8. The minimum absolute atomic E-state index is 0.0534. The smallest absolute Gasteiger partial charge is 0.224 e. The van der Waals surface area contributed by atoms with Crippen molar-refractivity contribution in [3.63, 3.8) is 0 Å². The number of aryl methyl sites for hydroxylation is 2. The third-order valence-corrected chi connectivity index (χ3v) is 6.10. The summed E-state index contributed by atoms with van der Waals surface area (Å²) < 4.78 is 2.16. The van der Waals surface area contributed by atoms with Gasteiger partial charge in [-0.1, -0.05) is 49.1 Å². The Morgan fingerprint density at radius 1 is 1.14 bits per heavy atom. The molecule has 4 rings (SSSR count). The van der Waals surface area contributed by atoms with Gasteiger partial charge in [0.25, 0.3) is 0 Å². The summed E-state index contributed by atoms with van der Waals surface area (Å²) in [6, 6.07) is 11.1. The summed E-state index contributed by atoms with van der Waals surface area (Å²) in [4.78, 5) is 15.0. The van der Waals surface area contributed by atoms with Crippen molar-refractivity contribution in [2.45, 2.75) is 77.5 Å². The Balaban J connectivity index is 1.33. The van der Waals surface area contributed by atoms with Gasteiger partial charge in [0.2, 0.25) is 5.91 Å². The lowest BCUT2D eigenvalue weighted by Gasteiger charge is -2.33. The molecule has 5 heteroatoms. The van der Waals surface area contributed by atoms with Crippen molar-refractivity contribution in [3.8, 4) is 0 Å². The van der Waals surface area contributed by atoms with Gasteiger partial charge in [0.1, 0.15) is 0 Å². The minimum atomic E-state index is 0.0534. The zero-order valence-electron chi connectivity index (χ0n) is 17.0. The summed E-state index contributed by atoms with van der Waals surface area (Å²) in [7, 11) is 0. The van der Waals surface area contributed by atoms with Crippen LogP contribution in [0.25, 0.3) is 0 Å². The number of aromatic nitrogens is 2. The van der Waals surface area contributed by atoms with Crippen LogP contribution in [0.15, 0.2) is 30.3 Å². The number of rotatable bonds is 5. The predicted molar refractivity (Wildman–Crippen MR) is 111 cm³/mol. The van der Waals surface area contributed by atoms with Gasteiger partial charge in [-0.2, -0.15) is 5.10 Å². The van der Waals surface area contributed by atoms with E-state index >= 15 is 0 Å². The molecule has 1 saturated carbocycles. The van der Waals surface area contributed by atoms with E-state index in [0.717, 1.165) is 36.8 Å². The molecular formula is C23H32N4O. The average molecular weight is 381 g/mol. The van der Waals surface area contributed by atoms with E-state index < -0.39 is 0 Å². The summed E-state index contributed by atoms with van der Waals surface area (Å²) >= 11 is 0. The lowest BCUT2D eigenvalue weighted by Crippen LogP contribution is -2.36. The maximum absolute atomic E-state index is 12.3. The van der Waals surface area contributed by atoms with Gasteiger partial charge < -0.3 is 5.32 Å². The number of carbonyl (C=O) groups is 1. The first kappa shape index (κ1) is 19.2. The fourth-order valence-corrected chi connectivity index (χ4v) is 4.65. The lowest BCUT2D eigenvalue weighted by molar-refractivity contribution is -0.120. The highest BCUT2D eigenvalue weighted by atomic mass is 16.1. The van der Waals surface area contributed by atoms with E-state index in [4.69, 9.17) is 5.10 Å². The number of benzene rings is 1. The third kappa shape index (κ3) is 4.82. The molecule has 1 N–H and O–H groups in total. The van der Waals surface area contributed by atoms with Gasteiger partial charge >= 0.3 is 0 Å². The molecule has 0 spiro atoms. The second kappa shape index (κ2) is 8.91. The van der Waals surface area contributed by atoms with E-state index in [1.54, 1.807) is 0 Å². The molecule has 1 fully saturated rings. The van der Waals surface area contributed by atoms with Crippen molar-refractivity contribution in [1.29, 1.82) is 0 Å². The Bertz CT molecular complexity index is 807. The summed E-state index contributed by atoms with van der Waals surface area (Å²) in [5.74, 6) is 0.0534. The molecule has 150 valence electrons. The number of amides is 1. The molecule has 1 aromatic carbocycles. The van der Waals surface area contributed by atoms with Crippen LogP contribution in [-0.2, 0) is 30.8 Å². The van der Waals surface area contributed by atoms with Crippen LogP contribution in [0.2, 0.25) is 0 Å². The van der Waals surface area contributed by atoms with E-state index in [9.17, 15) is 4.79 Å². The summed E-state index contributed by atoms with van der Waals surface area (Å²) in [6.45, 7) is 5.71. The van der Waals surface area contributed by atoms with Gasteiger partial charge in [0.15, 0.2) is 0 Å². The van der Waals surface area contributed by atoms with Crippen molar-refractivity contribution < 1.29 is 4.79 Å². The average Bonchev–Trinajstić information content (AvgIpc) is 2.97. The second-order valence-corrected chi connectivity index (χ2v) is 8.41. The van der Waals surface area contributed by atoms with Crippen LogP contribution in [0.3, 0.4) is 0 Å². The molecule has 0 bridgehead atoms. The number of nitrogens with zero attached hydrogens (tertiary/aromatic N) is 3. The Morgan fingerprint density at radius 2 is 2.00 bits per heavy atom. The van der Waals surface area contributed by atoms with Crippen molar-refractivity contribution in [1.82, 2.24) is 20.0 Å². The highest BCUT2D eigenvalue weighted by Crippen LogP contribution is 2.26. The van der Waals surface area contributed by atoms with E-state index in [2.05, 4.69) is 40.0 Å². The fourth-order valence-electron chi connectivity index (χ4n) is 4.65. The normalized spacial score (nSPS) is 18.5. The molecule has 28 heavy (non-hydrogen) atoms. The van der Waals surface area contributed by atoms with Crippen LogP contribution >= 0.6 is 0 Å². The van der Waals surface area contributed by atoms with E-state index in [0.29, 0.717) is 13.0 Å². The predicted octanol–water partition coefficient (Wildman–Crippen LogP) is 3.59. The van der Waals surface area contributed by atoms with Crippen LogP contribution in [-0.4, -0.2) is 33.2 Å². The molecule has 1 aliphatic carbocycles. The highest BCUT2D eigenvalue weighted by molar-refractivity contribution is 5.78. The lowest BCUT2D eigenvalue weighted by atomic mass is 9.94. The Hall–Kier alpha value is -2.14. The quantitative estimate of drug-likeness (QED) is 0.862. The maximum Gasteiger partial charge on any atom is 0.224 e. The van der Waals surface area contributed by atoms with Crippen LogP contribution < -0.4 is 5.32 Å². The molecular weight excluding hydrogens is 348 g/mol. The maximum atomic E-state index is 12.3. The molecule has 1 aliphatic heterocycles. The van der Waals surface area contributed by atoms with Gasteiger partial charge in [-0.15, -0.1) is 0 Å². The van der Waals surface area contributed by atoms with Crippen molar-refractivity contribution >= 4 is 5.91 Å². The molecule has 0 radical (unpaired) electrons. The summed E-state index contributed by atoms with van der Waals surface area (Å²) in [5, 5.41) is 7.80. The highest BCUT2D eigenvalue weighted by Gasteiger charge is 2.24. The number of fused-ring (bicyclic) bond motifs is 1. The van der Waals surface area contributed by atoms with Crippen LogP contribution in [0.1, 0.15) is 61.0 Å². The molecule has 0 saturated heterocycles. The first-order valence-corrected chi connectivity index (χ1v) is 10.8. The molecule has 2 aliphatic rings. The number of carbonyl (C=O) groups excluding carboxylic acids is 1. The second-order valence-electron chi connectivity index (χ2n) is 8.41. The fraction of sp³-hybridized carbons (Fsp3) is 0.565. The minimum Gasteiger partial charge on any atom is -0.350 e. The molecule has 1 aromatic heterocycles. The van der Waals surface area contributed by atoms with E-state index in [-0.39, 0.29) is 5.91 Å². The standard InChI is InChI=1S/C23H32N4O/c1-18-7-5-8-19(13-18)14-23(28)24-16-20-15-22-17-26(11-6-12-27(22)25-20)21-9-3-2-4-10-21/h5,7-8,13,15,21H,2-4,6,9-12,14,16-17H2,1H3,(H,24,28). The van der Waals surface area contributed by atoms with Crippen molar-refractivity contribution in [3.05, 3.63) is 52.8 Å². The van der Waals surface area contributed by atoms with Gasteiger partial charge in [0, 0.05) is 25.7 Å². The zero-order chi connectivity index (χ0) is 19.3. The molecule has 0 atom stereocenters. The largest absolute Gasteiger partial charge is 0.350 e. The van der Waals surface area contributed by atoms with E-state index in [1.165, 1.54) is 49.9 Å². The monoisotopic (exact) mass is 380 g/mol. The number of hydrogen-bond donors (Lipinski definition) is 1. The number of hydrogen-bond acceptors (Lipinski definition) is 3. The third-order valence-electron chi connectivity index (χ3n) is 6.10. The molecule has 2 aromatic rings. The topological polar surface area (TPSA) is 50.2 Å². The van der Waals surface area contributed by atoms with Gasteiger partial charge in [-0.25, -0.2) is 0 Å². The van der Waals surface area contributed by atoms with Crippen molar-refractivity contribution in [2.24, 2.45) is 0 Å². The van der Waals surface area contributed by atoms with Crippen molar-refractivity contribution in [2.75, 3.05) is 6.54 Å². The van der Waals surface area contributed by atoms with Crippen LogP contribution in [0, 0.1) is 6.92 Å². The van der Waals surface area contributed by atoms with Gasteiger partial charge in [-0.3, -0.25) is 14.4 Å². The molecule has 1 amide bonds. The summed E-state index contributed by atoms with van der Waals surface area (Å²) in [5.41, 5.74) is 4.51. The number of nitrogens with one attached hydrogen (secondary N) is 1. The van der Waals surface area contributed by atoms with Crippen LogP contribution in [0.4, 0.5) is 0 Å². The molecule has 5 nitrogen and oxygen atoms in total. The Kier molecular flexibility index (Phi) is 6.10. The van der Waals surface area contributed by atoms with Crippen LogP contribution in [0.5, 0.6) is 0 Å². The SMILES string of the molecule is Cc1cccc(CC(=O)NCc2cc3n(n2)CCCN(C2CCCCC2)C3)c1. The van der Waals surface area contributed by atoms with Gasteiger partial charge in [-0.05, 0) is 37.8 Å². The van der Waals surface area contributed by atoms with E-state index in [1.807, 2.05) is 12.1 Å². The Labute approximate surface area is 168 Å².